The van der Waals surface area contributed by atoms with Gasteiger partial charge in [-0.3, -0.25) is 0 Å². The summed E-state index contributed by atoms with van der Waals surface area (Å²) in [6.45, 7) is 2.93. The first kappa shape index (κ1) is 15.7. The molecule has 0 amide bonds. The van der Waals surface area contributed by atoms with Crippen LogP contribution in [0.5, 0.6) is 0 Å². The molecule has 0 aliphatic rings. The van der Waals surface area contributed by atoms with Gasteiger partial charge in [0.05, 0.1) is 0 Å². The maximum Gasteiger partial charge on any atom is 0.123 e. The fourth-order valence-corrected chi connectivity index (χ4v) is 3.12. The van der Waals surface area contributed by atoms with Crippen LogP contribution < -0.4 is 5.32 Å². The van der Waals surface area contributed by atoms with Gasteiger partial charge >= 0.3 is 0 Å². The highest BCUT2D eigenvalue weighted by Gasteiger charge is 2.15. The Labute approximate surface area is 135 Å². The van der Waals surface area contributed by atoms with Crippen molar-refractivity contribution in [2.45, 2.75) is 19.4 Å². The zero-order chi connectivity index (χ0) is 14.5. The summed E-state index contributed by atoms with van der Waals surface area (Å²) in [4.78, 5) is 0. The number of hydrogen-bond acceptors (Lipinski definition) is 1. The minimum atomic E-state index is -0.189. The molecule has 0 fully saturated rings. The number of halogens is 3. The minimum absolute atomic E-state index is 0.147. The molecule has 0 aliphatic carbocycles. The molecule has 4 heteroatoms. The predicted octanol–water partition coefficient (Wildman–Crippen LogP) is 5.24. The van der Waals surface area contributed by atoms with Crippen LogP contribution in [0.15, 0.2) is 51.4 Å². The standard InChI is InChI=1S/C16H16Br2FN/c1-2-20-16(9-11-4-3-5-13(19)8-11)14-10-12(17)6-7-15(14)18/h3-8,10,16,20H,2,9H2,1H3. The van der Waals surface area contributed by atoms with Gasteiger partial charge in [-0.25, -0.2) is 4.39 Å². The van der Waals surface area contributed by atoms with Crippen LogP contribution >= 0.6 is 31.9 Å². The van der Waals surface area contributed by atoms with E-state index in [-0.39, 0.29) is 11.9 Å². The Morgan fingerprint density at radius 2 is 1.95 bits per heavy atom. The van der Waals surface area contributed by atoms with Crippen molar-refractivity contribution in [2.24, 2.45) is 0 Å². The summed E-state index contributed by atoms with van der Waals surface area (Å²) >= 11 is 7.10. The Balaban J connectivity index is 2.29. The lowest BCUT2D eigenvalue weighted by Crippen LogP contribution is -2.23. The van der Waals surface area contributed by atoms with Crippen LogP contribution in [0.2, 0.25) is 0 Å². The summed E-state index contributed by atoms with van der Waals surface area (Å²) in [7, 11) is 0. The zero-order valence-electron chi connectivity index (χ0n) is 11.2. The van der Waals surface area contributed by atoms with Crippen LogP contribution in [0.25, 0.3) is 0 Å². The molecule has 2 rings (SSSR count). The van der Waals surface area contributed by atoms with E-state index >= 15 is 0 Å². The van der Waals surface area contributed by atoms with Crippen molar-refractivity contribution in [1.82, 2.24) is 5.32 Å². The third-order valence-electron chi connectivity index (χ3n) is 3.11. The molecule has 1 nitrogen and oxygen atoms in total. The summed E-state index contributed by atoms with van der Waals surface area (Å²) in [5, 5.41) is 3.46. The predicted molar refractivity (Wildman–Crippen MR) is 88.4 cm³/mol. The summed E-state index contributed by atoms with van der Waals surface area (Å²) in [6.07, 6.45) is 0.751. The highest BCUT2D eigenvalue weighted by Crippen LogP contribution is 2.29. The molecule has 0 saturated heterocycles. The Hall–Kier alpha value is -0.710. The van der Waals surface area contributed by atoms with E-state index in [9.17, 15) is 4.39 Å². The van der Waals surface area contributed by atoms with Crippen molar-refractivity contribution in [3.05, 3.63) is 68.4 Å². The third kappa shape index (κ3) is 4.14. The van der Waals surface area contributed by atoms with Crippen molar-refractivity contribution in [2.75, 3.05) is 6.54 Å². The van der Waals surface area contributed by atoms with E-state index in [0.717, 1.165) is 27.5 Å². The van der Waals surface area contributed by atoms with Gasteiger partial charge in [-0.2, -0.15) is 0 Å². The van der Waals surface area contributed by atoms with E-state index in [4.69, 9.17) is 0 Å². The SMILES string of the molecule is CCNC(Cc1cccc(F)c1)c1cc(Br)ccc1Br. The van der Waals surface area contributed by atoms with Gasteiger partial charge in [0.1, 0.15) is 5.82 Å². The van der Waals surface area contributed by atoms with Gasteiger partial charge in [0, 0.05) is 15.0 Å². The van der Waals surface area contributed by atoms with Crippen molar-refractivity contribution in [3.63, 3.8) is 0 Å². The molecule has 0 saturated carbocycles. The second-order valence-corrected chi connectivity index (χ2v) is 6.38. The van der Waals surface area contributed by atoms with Crippen LogP contribution in [-0.4, -0.2) is 6.54 Å². The maximum atomic E-state index is 13.3. The van der Waals surface area contributed by atoms with Gasteiger partial charge in [0.2, 0.25) is 0 Å². The highest BCUT2D eigenvalue weighted by atomic mass is 79.9. The lowest BCUT2D eigenvalue weighted by Gasteiger charge is -2.20. The van der Waals surface area contributed by atoms with E-state index in [1.165, 1.54) is 11.6 Å². The fourth-order valence-electron chi connectivity index (χ4n) is 2.22. The van der Waals surface area contributed by atoms with Gasteiger partial charge in [-0.05, 0) is 54.4 Å². The van der Waals surface area contributed by atoms with Crippen LogP contribution in [0.3, 0.4) is 0 Å². The lowest BCUT2D eigenvalue weighted by molar-refractivity contribution is 0.544. The quantitative estimate of drug-likeness (QED) is 0.723. The summed E-state index contributed by atoms with van der Waals surface area (Å²) in [5.41, 5.74) is 2.16. The first-order valence-corrected chi connectivity index (χ1v) is 8.11. The van der Waals surface area contributed by atoms with E-state index in [1.807, 2.05) is 18.2 Å². The van der Waals surface area contributed by atoms with Crippen LogP contribution in [-0.2, 0) is 6.42 Å². The fraction of sp³-hybridized carbons (Fsp3) is 0.250. The van der Waals surface area contributed by atoms with Gasteiger partial charge in [0.25, 0.3) is 0 Å². The molecule has 2 aromatic carbocycles. The Bertz CT molecular complexity index is 586. The van der Waals surface area contributed by atoms with E-state index in [2.05, 4.69) is 50.2 Å². The van der Waals surface area contributed by atoms with Crippen molar-refractivity contribution < 1.29 is 4.39 Å². The molecule has 106 valence electrons. The van der Waals surface area contributed by atoms with Crippen molar-refractivity contribution >= 4 is 31.9 Å². The molecule has 1 atom stereocenters. The Morgan fingerprint density at radius 3 is 2.65 bits per heavy atom. The second kappa shape index (κ2) is 7.34. The number of hydrogen-bond donors (Lipinski definition) is 1. The number of benzene rings is 2. The summed E-state index contributed by atoms with van der Waals surface area (Å²) in [6, 6.07) is 13.0. The molecule has 0 radical (unpaired) electrons. The lowest BCUT2D eigenvalue weighted by atomic mass is 9.99. The largest absolute Gasteiger partial charge is 0.310 e. The molecule has 1 unspecified atom stereocenters. The molecule has 1 N–H and O–H groups in total. The topological polar surface area (TPSA) is 12.0 Å². The Kier molecular flexibility index (Phi) is 5.75. The monoisotopic (exact) mass is 399 g/mol. The average Bonchev–Trinajstić information content (AvgIpc) is 2.41. The van der Waals surface area contributed by atoms with Crippen LogP contribution in [0.1, 0.15) is 24.1 Å². The molecule has 20 heavy (non-hydrogen) atoms. The van der Waals surface area contributed by atoms with E-state index in [1.54, 1.807) is 12.1 Å². The number of rotatable bonds is 5. The maximum absolute atomic E-state index is 13.3. The minimum Gasteiger partial charge on any atom is -0.310 e. The molecule has 0 spiro atoms. The van der Waals surface area contributed by atoms with Gasteiger partial charge in [0.15, 0.2) is 0 Å². The summed E-state index contributed by atoms with van der Waals surface area (Å²) in [5.74, 6) is -0.189. The Morgan fingerprint density at radius 1 is 1.15 bits per heavy atom. The molecular formula is C16H16Br2FN. The average molecular weight is 401 g/mol. The molecule has 0 aliphatic heterocycles. The zero-order valence-corrected chi connectivity index (χ0v) is 14.3. The highest BCUT2D eigenvalue weighted by molar-refractivity contribution is 9.11. The first-order valence-electron chi connectivity index (χ1n) is 6.53. The van der Waals surface area contributed by atoms with Crippen LogP contribution in [0.4, 0.5) is 4.39 Å². The van der Waals surface area contributed by atoms with Crippen LogP contribution in [0, 0.1) is 5.82 Å². The third-order valence-corrected chi connectivity index (χ3v) is 4.33. The van der Waals surface area contributed by atoms with E-state index < -0.39 is 0 Å². The van der Waals surface area contributed by atoms with Crippen molar-refractivity contribution in [3.8, 4) is 0 Å². The molecule has 0 heterocycles. The number of likely N-dealkylation sites (N-methyl/N-ethyl adjacent to an activating group) is 1. The smallest absolute Gasteiger partial charge is 0.123 e. The molecular weight excluding hydrogens is 385 g/mol. The first-order chi connectivity index (χ1) is 9.60. The van der Waals surface area contributed by atoms with Crippen molar-refractivity contribution in [1.29, 1.82) is 0 Å². The molecule has 0 aromatic heterocycles. The van der Waals surface area contributed by atoms with Gasteiger partial charge in [-0.15, -0.1) is 0 Å². The van der Waals surface area contributed by atoms with E-state index in [0.29, 0.717) is 0 Å². The molecule has 2 aromatic rings. The van der Waals surface area contributed by atoms with Gasteiger partial charge in [-0.1, -0.05) is 50.9 Å². The second-order valence-electron chi connectivity index (χ2n) is 4.61. The summed E-state index contributed by atoms with van der Waals surface area (Å²) < 4.78 is 15.4. The van der Waals surface area contributed by atoms with Gasteiger partial charge < -0.3 is 5.32 Å². The molecule has 0 bridgehead atoms. The normalized spacial score (nSPS) is 12.4. The number of nitrogens with one attached hydrogen (secondary N) is 1.